The van der Waals surface area contributed by atoms with E-state index in [0.717, 1.165) is 5.56 Å². The van der Waals surface area contributed by atoms with Gasteiger partial charge in [-0.05, 0) is 24.6 Å². The molecule has 1 aromatic carbocycles. The number of benzene rings is 1. The summed E-state index contributed by atoms with van der Waals surface area (Å²) in [6.45, 7) is 2.47. The summed E-state index contributed by atoms with van der Waals surface area (Å²) < 4.78 is 10.4. The molecule has 0 aromatic heterocycles. The Labute approximate surface area is 99.3 Å². The van der Waals surface area contributed by atoms with Crippen LogP contribution in [-0.2, 0) is 4.74 Å². The molecule has 1 aliphatic rings. The Morgan fingerprint density at radius 1 is 1.65 bits per heavy atom. The molecule has 92 valence electrons. The standard InChI is InChI=1S/C12H15NO4/c1-8(14)9-3-2-4-10(5-9)16-7-11-6-13-12(15)17-11/h2-5,8,11,14H,6-7H2,1H3,(H,13,15)/t8-,11?/m0/s1. The van der Waals surface area contributed by atoms with Gasteiger partial charge < -0.3 is 19.9 Å². The topological polar surface area (TPSA) is 67.8 Å². The SMILES string of the molecule is C[C@H](O)c1cccc(OCC2CNC(=O)O2)c1. The van der Waals surface area contributed by atoms with E-state index in [4.69, 9.17) is 9.47 Å². The summed E-state index contributed by atoms with van der Waals surface area (Å²) >= 11 is 0. The minimum absolute atomic E-state index is 0.252. The number of alkyl carbamates (subject to hydrolysis) is 1. The first-order chi connectivity index (χ1) is 8.15. The largest absolute Gasteiger partial charge is 0.490 e. The van der Waals surface area contributed by atoms with Crippen molar-refractivity contribution < 1.29 is 19.4 Å². The van der Waals surface area contributed by atoms with Crippen molar-refractivity contribution >= 4 is 6.09 Å². The number of amides is 1. The maximum atomic E-state index is 10.8. The van der Waals surface area contributed by atoms with Gasteiger partial charge in [0.2, 0.25) is 0 Å². The third-order valence-electron chi connectivity index (χ3n) is 2.52. The molecular weight excluding hydrogens is 222 g/mol. The number of nitrogens with one attached hydrogen (secondary N) is 1. The van der Waals surface area contributed by atoms with Gasteiger partial charge in [0, 0.05) is 0 Å². The molecule has 5 heteroatoms. The lowest BCUT2D eigenvalue weighted by Gasteiger charge is -2.12. The number of aliphatic hydroxyl groups is 1. The molecule has 1 heterocycles. The molecule has 0 saturated carbocycles. The van der Waals surface area contributed by atoms with Gasteiger partial charge >= 0.3 is 6.09 Å². The maximum Gasteiger partial charge on any atom is 0.407 e. The van der Waals surface area contributed by atoms with Crippen molar-refractivity contribution in [3.63, 3.8) is 0 Å². The van der Waals surface area contributed by atoms with Gasteiger partial charge in [-0.25, -0.2) is 4.79 Å². The van der Waals surface area contributed by atoms with Gasteiger partial charge in [0.15, 0.2) is 6.10 Å². The Morgan fingerprint density at radius 3 is 3.12 bits per heavy atom. The second-order valence-electron chi connectivity index (χ2n) is 3.97. The normalized spacial score (nSPS) is 20.6. The Morgan fingerprint density at radius 2 is 2.47 bits per heavy atom. The Kier molecular flexibility index (Phi) is 3.49. The number of hydrogen-bond acceptors (Lipinski definition) is 4. The summed E-state index contributed by atoms with van der Waals surface area (Å²) in [7, 11) is 0. The van der Waals surface area contributed by atoms with Crippen molar-refractivity contribution in [2.75, 3.05) is 13.2 Å². The predicted octanol–water partition coefficient (Wildman–Crippen LogP) is 1.23. The van der Waals surface area contributed by atoms with Gasteiger partial charge in [0.1, 0.15) is 12.4 Å². The number of hydrogen-bond donors (Lipinski definition) is 2. The molecule has 0 radical (unpaired) electrons. The first-order valence-corrected chi connectivity index (χ1v) is 5.50. The van der Waals surface area contributed by atoms with Crippen molar-refractivity contribution in [3.05, 3.63) is 29.8 Å². The number of ether oxygens (including phenoxy) is 2. The average molecular weight is 237 g/mol. The minimum Gasteiger partial charge on any atom is -0.490 e. The van der Waals surface area contributed by atoms with Gasteiger partial charge in [-0.15, -0.1) is 0 Å². The highest BCUT2D eigenvalue weighted by Gasteiger charge is 2.22. The van der Waals surface area contributed by atoms with E-state index >= 15 is 0 Å². The van der Waals surface area contributed by atoms with Gasteiger partial charge in [-0.3, -0.25) is 0 Å². The lowest BCUT2D eigenvalue weighted by atomic mass is 10.1. The number of aliphatic hydroxyl groups excluding tert-OH is 1. The number of carbonyl (C=O) groups excluding carboxylic acids is 1. The van der Waals surface area contributed by atoms with Crippen LogP contribution in [0.3, 0.4) is 0 Å². The van der Waals surface area contributed by atoms with Crippen LogP contribution in [0.25, 0.3) is 0 Å². The van der Waals surface area contributed by atoms with E-state index in [9.17, 15) is 9.90 Å². The van der Waals surface area contributed by atoms with Crippen LogP contribution in [0.5, 0.6) is 5.75 Å². The van der Waals surface area contributed by atoms with Crippen LogP contribution in [0.2, 0.25) is 0 Å². The lowest BCUT2D eigenvalue weighted by molar-refractivity contribution is 0.104. The molecule has 1 unspecified atom stereocenters. The molecule has 17 heavy (non-hydrogen) atoms. The number of rotatable bonds is 4. The highest BCUT2D eigenvalue weighted by atomic mass is 16.6. The highest BCUT2D eigenvalue weighted by Crippen LogP contribution is 2.19. The quantitative estimate of drug-likeness (QED) is 0.826. The third kappa shape index (κ3) is 3.10. The van der Waals surface area contributed by atoms with Crippen LogP contribution in [-0.4, -0.2) is 30.5 Å². The van der Waals surface area contributed by atoms with E-state index < -0.39 is 12.2 Å². The van der Waals surface area contributed by atoms with E-state index in [0.29, 0.717) is 18.9 Å². The first kappa shape index (κ1) is 11.7. The summed E-state index contributed by atoms with van der Waals surface area (Å²) in [5, 5.41) is 12.0. The van der Waals surface area contributed by atoms with Crippen molar-refractivity contribution in [3.8, 4) is 5.75 Å². The molecule has 2 rings (SSSR count). The molecular formula is C12H15NO4. The molecule has 1 saturated heterocycles. The fraction of sp³-hybridized carbons (Fsp3) is 0.417. The van der Waals surface area contributed by atoms with Crippen LogP contribution in [0.4, 0.5) is 4.79 Å². The summed E-state index contributed by atoms with van der Waals surface area (Å²) in [5.41, 5.74) is 0.795. The Bertz CT molecular complexity index is 405. The summed E-state index contributed by atoms with van der Waals surface area (Å²) in [6, 6.07) is 7.22. The Hall–Kier alpha value is -1.75. The van der Waals surface area contributed by atoms with Gasteiger partial charge in [0.25, 0.3) is 0 Å². The minimum atomic E-state index is -0.524. The van der Waals surface area contributed by atoms with Crippen molar-refractivity contribution in [1.29, 1.82) is 0 Å². The van der Waals surface area contributed by atoms with Gasteiger partial charge in [0.05, 0.1) is 12.6 Å². The summed E-state index contributed by atoms with van der Waals surface area (Å²) in [5.74, 6) is 0.659. The van der Waals surface area contributed by atoms with Gasteiger partial charge in [-0.1, -0.05) is 12.1 Å². The molecule has 1 amide bonds. The van der Waals surface area contributed by atoms with Gasteiger partial charge in [-0.2, -0.15) is 0 Å². The summed E-state index contributed by atoms with van der Waals surface area (Å²) in [4.78, 5) is 10.8. The Balaban J connectivity index is 1.90. The monoisotopic (exact) mass is 237 g/mol. The van der Waals surface area contributed by atoms with E-state index in [1.165, 1.54) is 0 Å². The van der Waals surface area contributed by atoms with E-state index in [1.807, 2.05) is 12.1 Å². The fourth-order valence-electron chi connectivity index (χ4n) is 1.58. The molecule has 1 aromatic rings. The van der Waals surface area contributed by atoms with Crippen molar-refractivity contribution in [2.45, 2.75) is 19.1 Å². The zero-order valence-electron chi connectivity index (χ0n) is 9.55. The zero-order valence-corrected chi connectivity index (χ0v) is 9.55. The maximum absolute atomic E-state index is 10.8. The van der Waals surface area contributed by atoms with Crippen LogP contribution >= 0.6 is 0 Å². The van der Waals surface area contributed by atoms with Crippen molar-refractivity contribution in [1.82, 2.24) is 5.32 Å². The van der Waals surface area contributed by atoms with Crippen molar-refractivity contribution in [2.24, 2.45) is 0 Å². The zero-order chi connectivity index (χ0) is 12.3. The molecule has 0 bridgehead atoms. The molecule has 2 N–H and O–H groups in total. The molecule has 5 nitrogen and oxygen atoms in total. The lowest BCUT2D eigenvalue weighted by Crippen LogP contribution is -2.21. The van der Waals surface area contributed by atoms with Crippen LogP contribution in [0.1, 0.15) is 18.6 Å². The molecule has 1 fully saturated rings. The van der Waals surface area contributed by atoms with Crippen LogP contribution in [0, 0.1) is 0 Å². The first-order valence-electron chi connectivity index (χ1n) is 5.50. The van der Waals surface area contributed by atoms with Crippen LogP contribution in [0.15, 0.2) is 24.3 Å². The molecule has 0 aliphatic carbocycles. The second-order valence-corrected chi connectivity index (χ2v) is 3.97. The molecule has 1 aliphatic heterocycles. The highest BCUT2D eigenvalue weighted by molar-refractivity contribution is 5.69. The average Bonchev–Trinajstić information content (AvgIpc) is 2.73. The number of cyclic esters (lactones) is 1. The molecule has 2 atom stereocenters. The van der Waals surface area contributed by atoms with Crippen LogP contribution < -0.4 is 10.1 Å². The van der Waals surface area contributed by atoms with E-state index in [1.54, 1.807) is 19.1 Å². The smallest absolute Gasteiger partial charge is 0.407 e. The predicted molar refractivity (Wildman–Crippen MR) is 60.8 cm³/mol. The summed E-state index contributed by atoms with van der Waals surface area (Å²) in [6.07, 6.45) is -1.18. The van der Waals surface area contributed by atoms with E-state index in [2.05, 4.69) is 5.32 Å². The number of carbonyl (C=O) groups is 1. The third-order valence-corrected chi connectivity index (χ3v) is 2.52. The second kappa shape index (κ2) is 5.05. The molecule has 0 spiro atoms. The van der Waals surface area contributed by atoms with E-state index in [-0.39, 0.29) is 6.10 Å². The fourth-order valence-corrected chi connectivity index (χ4v) is 1.58.